The van der Waals surface area contributed by atoms with Crippen LogP contribution in [0.25, 0.3) is 21.8 Å². The maximum Gasteiger partial charge on any atom is 0.262 e. The molecule has 0 bridgehead atoms. The summed E-state index contributed by atoms with van der Waals surface area (Å²) in [5, 5.41) is 4.88. The molecule has 1 heterocycles. The summed E-state index contributed by atoms with van der Waals surface area (Å²) >= 11 is 0. The second-order valence-electron chi connectivity index (χ2n) is 7.03. The quantitative estimate of drug-likeness (QED) is 0.496. The van der Waals surface area contributed by atoms with Gasteiger partial charge in [-0.05, 0) is 36.4 Å². The molecular weight excluding hydrogens is 402 g/mol. The van der Waals surface area contributed by atoms with Gasteiger partial charge >= 0.3 is 0 Å². The van der Waals surface area contributed by atoms with Crippen LogP contribution in [-0.2, 0) is 14.8 Å². The number of aromatic nitrogens is 1. The van der Waals surface area contributed by atoms with E-state index in [1.54, 1.807) is 12.1 Å². The number of rotatable bonds is 6. The molecule has 30 heavy (non-hydrogen) atoms. The normalized spacial score (nSPS) is 11.8. The summed E-state index contributed by atoms with van der Waals surface area (Å²) in [6, 6.07) is 19.8. The lowest BCUT2D eigenvalue weighted by atomic mass is 10.1. The molecular formula is C22H21N3O4S. The van der Waals surface area contributed by atoms with Crippen LogP contribution in [0.5, 0.6) is 5.75 Å². The summed E-state index contributed by atoms with van der Waals surface area (Å²) in [6.45, 7) is -0.198. The zero-order valence-corrected chi connectivity index (χ0v) is 17.4. The van der Waals surface area contributed by atoms with E-state index in [-0.39, 0.29) is 17.4 Å². The predicted octanol–water partition coefficient (Wildman–Crippen LogP) is 3.59. The minimum Gasteiger partial charge on any atom is -0.484 e. The van der Waals surface area contributed by atoms with Crippen LogP contribution < -0.4 is 10.1 Å². The van der Waals surface area contributed by atoms with E-state index in [9.17, 15) is 13.2 Å². The first-order valence-electron chi connectivity index (χ1n) is 9.30. The maximum absolute atomic E-state index is 12.3. The minimum atomic E-state index is -3.58. The number of fused-ring (bicyclic) bond motifs is 3. The smallest absolute Gasteiger partial charge is 0.262 e. The van der Waals surface area contributed by atoms with Crippen LogP contribution >= 0.6 is 0 Å². The summed E-state index contributed by atoms with van der Waals surface area (Å²) in [4.78, 5) is 15.7. The largest absolute Gasteiger partial charge is 0.484 e. The van der Waals surface area contributed by atoms with Crippen molar-refractivity contribution in [3.8, 4) is 5.75 Å². The molecule has 0 fully saturated rings. The van der Waals surface area contributed by atoms with Gasteiger partial charge in [0, 0.05) is 42.1 Å². The van der Waals surface area contributed by atoms with Crippen molar-refractivity contribution in [2.24, 2.45) is 0 Å². The number of anilines is 1. The molecule has 0 atom stereocenters. The van der Waals surface area contributed by atoms with Crippen molar-refractivity contribution in [2.45, 2.75) is 4.90 Å². The molecule has 1 aromatic heterocycles. The summed E-state index contributed by atoms with van der Waals surface area (Å²) in [6.07, 6.45) is 0. The highest BCUT2D eigenvalue weighted by molar-refractivity contribution is 7.89. The molecule has 0 aliphatic heterocycles. The molecule has 154 valence electrons. The van der Waals surface area contributed by atoms with E-state index in [2.05, 4.69) is 10.3 Å². The number of nitrogens with one attached hydrogen (secondary N) is 2. The molecule has 0 aliphatic rings. The summed E-state index contributed by atoms with van der Waals surface area (Å²) in [5.74, 6) is 0.180. The molecule has 4 rings (SSSR count). The molecule has 0 saturated carbocycles. The first-order valence-corrected chi connectivity index (χ1v) is 10.7. The topological polar surface area (TPSA) is 91.5 Å². The van der Waals surface area contributed by atoms with Crippen LogP contribution in [0.1, 0.15) is 0 Å². The Hall–Kier alpha value is -3.36. The van der Waals surface area contributed by atoms with Crippen molar-refractivity contribution in [2.75, 3.05) is 26.0 Å². The standard InChI is InChI=1S/C22H21N3O4S/c1-25(2)30(27,28)17-7-5-6-15(12-17)23-22(26)14-29-16-10-11-19-18-8-3-4-9-20(18)24-21(19)13-16/h3-13,24H,14H2,1-2H3,(H,23,26). The second-order valence-corrected chi connectivity index (χ2v) is 9.18. The van der Waals surface area contributed by atoms with Gasteiger partial charge in [0.1, 0.15) is 5.75 Å². The van der Waals surface area contributed by atoms with Gasteiger partial charge in [-0.15, -0.1) is 0 Å². The van der Waals surface area contributed by atoms with Crippen molar-refractivity contribution in [3.63, 3.8) is 0 Å². The maximum atomic E-state index is 12.3. The molecule has 0 aliphatic carbocycles. The highest BCUT2D eigenvalue weighted by atomic mass is 32.2. The van der Waals surface area contributed by atoms with Gasteiger partial charge in [-0.2, -0.15) is 0 Å². The van der Waals surface area contributed by atoms with Crippen LogP contribution in [-0.4, -0.2) is 44.3 Å². The number of hydrogen-bond acceptors (Lipinski definition) is 4. The van der Waals surface area contributed by atoms with E-state index in [1.807, 2.05) is 42.5 Å². The highest BCUT2D eigenvalue weighted by Crippen LogP contribution is 2.28. The van der Waals surface area contributed by atoms with Gasteiger partial charge < -0.3 is 15.0 Å². The monoisotopic (exact) mass is 423 g/mol. The van der Waals surface area contributed by atoms with Crippen LogP contribution in [0.2, 0.25) is 0 Å². The summed E-state index contributed by atoms with van der Waals surface area (Å²) in [7, 11) is -0.662. The van der Waals surface area contributed by atoms with Crippen molar-refractivity contribution in [3.05, 3.63) is 66.7 Å². The van der Waals surface area contributed by atoms with Gasteiger partial charge in [-0.1, -0.05) is 24.3 Å². The van der Waals surface area contributed by atoms with E-state index < -0.39 is 10.0 Å². The number of hydrogen-bond donors (Lipinski definition) is 2. The fraction of sp³-hybridized carbons (Fsp3) is 0.136. The predicted molar refractivity (Wildman–Crippen MR) is 117 cm³/mol. The van der Waals surface area contributed by atoms with Crippen LogP contribution in [0, 0.1) is 0 Å². The molecule has 3 aromatic carbocycles. The van der Waals surface area contributed by atoms with Gasteiger partial charge in [-0.25, -0.2) is 12.7 Å². The molecule has 0 radical (unpaired) electrons. The number of sulfonamides is 1. The van der Waals surface area contributed by atoms with Crippen molar-refractivity contribution >= 4 is 43.4 Å². The number of nitrogens with zero attached hydrogens (tertiary/aromatic N) is 1. The van der Waals surface area contributed by atoms with Gasteiger partial charge in [-0.3, -0.25) is 4.79 Å². The molecule has 7 nitrogen and oxygen atoms in total. The average molecular weight is 423 g/mol. The highest BCUT2D eigenvalue weighted by Gasteiger charge is 2.17. The molecule has 4 aromatic rings. The van der Waals surface area contributed by atoms with E-state index in [4.69, 9.17) is 4.74 Å². The van der Waals surface area contributed by atoms with Gasteiger partial charge in [0.25, 0.3) is 5.91 Å². The van der Waals surface area contributed by atoms with E-state index in [0.29, 0.717) is 11.4 Å². The van der Waals surface area contributed by atoms with E-state index in [1.165, 1.54) is 26.2 Å². The third-order valence-electron chi connectivity index (χ3n) is 4.74. The zero-order chi connectivity index (χ0) is 21.3. The molecule has 0 unspecified atom stereocenters. The van der Waals surface area contributed by atoms with E-state index >= 15 is 0 Å². The number of H-pyrrole nitrogens is 1. The Balaban J connectivity index is 1.44. The Bertz CT molecular complexity index is 1340. The van der Waals surface area contributed by atoms with Crippen LogP contribution in [0.3, 0.4) is 0 Å². The molecule has 1 amide bonds. The molecule has 2 N–H and O–H groups in total. The lowest BCUT2D eigenvalue weighted by molar-refractivity contribution is -0.118. The van der Waals surface area contributed by atoms with Gasteiger partial charge in [0.05, 0.1) is 10.4 Å². The fourth-order valence-corrected chi connectivity index (χ4v) is 4.16. The minimum absolute atomic E-state index is 0.107. The first-order chi connectivity index (χ1) is 14.3. The number of benzene rings is 3. The Morgan fingerprint density at radius 2 is 1.73 bits per heavy atom. The zero-order valence-electron chi connectivity index (χ0n) is 16.5. The Kier molecular flexibility index (Phi) is 5.19. The van der Waals surface area contributed by atoms with Crippen molar-refractivity contribution in [1.29, 1.82) is 0 Å². The molecule has 0 spiro atoms. The second kappa shape index (κ2) is 7.81. The number of carbonyl (C=O) groups excluding carboxylic acids is 1. The number of amides is 1. The Morgan fingerprint density at radius 1 is 0.967 bits per heavy atom. The third kappa shape index (κ3) is 3.87. The van der Waals surface area contributed by atoms with Crippen molar-refractivity contribution in [1.82, 2.24) is 9.29 Å². The first kappa shape index (κ1) is 19.9. The Labute approximate surface area is 174 Å². The lowest BCUT2D eigenvalue weighted by Crippen LogP contribution is -2.23. The fourth-order valence-electron chi connectivity index (χ4n) is 3.21. The number of carbonyl (C=O) groups is 1. The SMILES string of the molecule is CN(C)S(=O)(=O)c1cccc(NC(=O)COc2ccc3c(c2)[nH]c2ccccc23)c1. The number of aromatic amines is 1. The molecule has 0 saturated heterocycles. The van der Waals surface area contributed by atoms with Crippen LogP contribution in [0.4, 0.5) is 5.69 Å². The van der Waals surface area contributed by atoms with Gasteiger partial charge in [0.2, 0.25) is 10.0 Å². The molecule has 8 heteroatoms. The van der Waals surface area contributed by atoms with Crippen molar-refractivity contribution < 1.29 is 17.9 Å². The summed E-state index contributed by atoms with van der Waals surface area (Å²) in [5.41, 5.74) is 2.35. The Morgan fingerprint density at radius 3 is 2.53 bits per heavy atom. The third-order valence-corrected chi connectivity index (χ3v) is 6.55. The van der Waals surface area contributed by atoms with Gasteiger partial charge in [0.15, 0.2) is 6.61 Å². The van der Waals surface area contributed by atoms with E-state index in [0.717, 1.165) is 26.1 Å². The number of para-hydroxylation sites is 1. The lowest BCUT2D eigenvalue weighted by Gasteiger charge is -2.13. The average Bonchev–Trinajstić information content (AvgIpc) is 3.10. The number of ether oxygens (including phenoxy) is 1. The summed E-state index contributed by atoms with van der Waals surface area (Å²) < 4.78 is 31.2. The van der Waals surface area contributed by atoms with Crippen LogP contribution in [0.15, 0.2) is 71.6 Å².